The van der Waals surface area contributed by atoms with Crippen LogP contribution in [-0.2, 0) is 9.59 Å². The van der Waals surface area contributed by atoms with E-state index in [2.05, 4.69) is 0 Å². The summed E-state index contributed by atoms with van der Waals surface area (Å²) in [5.74, 6) is -2.32. The molecule has 0 aliphatic heterocycles. The van der Waals surface area contributed by atoms with E-state index in [4.69, 9.17) is 21.1 Å². The number of rotatable bonds is 4. The number of aliphatic hydroxyl groups is 1. The molecule has 0 aliphatic carbocycles. The van der Waals surface area contributed by atoms with E-state index >= 15 is 0 Å². The highest BCUT2D eigenvalue weighted by molar-refractivity contribution is 5.89. The molecule has 0 aromatic heterocycles. The quantitative estimate of drug-likeness (QED) is 0.488. The van der Waals surface area contributed by atoms with Gasteiger partial charge in [-0.15, -0.1) is 0 Å². The van der Waals surface area contributed by atoms with Crippen LogP contribution in [0.3, 0.4) is 0 Å². The Kier molecular flexibility index (Phi) is 7.59. The summed E-state index contributed by atoms with van der Waals surface area (Å²) < 4.78 is 0. The van der Waals surface area contributed by atoms with E-state index in [0.717, 1.165) is 5.56 Å². The second kappa shape index (κ2) is 8.67. The van der Waals surface area contributed by atoms with E-state index in [1.54, 1.807) is 12.1 Å². The SMILES string of the molecule is NCC(O)c1ccc(O)cc1.O=C(O)/C=C\C(=O)O. The van der Waals surface area contributed by atoms with Gasteiger partial charge in [0.1, 0.15) is 5.75 Å². The molecule has 0 fully saturated rings. The first-order valence-electron chi connectivity index (χ1n) is 5.17. The first-order valence-corrected chi connectivity index (χ1v) is 5.17. The predicted molar refractivity (Wildman–Crippen MR) is 66.5 cm³/mol. The monoisotopic (exact) mass is 269 g/mol. The third-order valence-electron chi connectivity index (χ3n) is 1.87. The van der Waals surface area contributed by atoms with E-state index < -0.39 is 18.0 Å². The van der Waals surface area contributed by atoms with Crippen molar-refractivity contribution in [2.24, 2.45) is 5.73 Å². The number of nitrogens with two attached hydrogens (primary N) is 1. The summed E-state index contributed by atoms with van der Waals surface area (Å²) in [5.41, 5.74) is 5.96. The summed E-state index contributed by atoms with van der Waals surface area (Å²) >= 11 is 0. The fourth-order valence-electron chi connectivity index (χ4n) is 0.975. The van der Waals surface area contributed by atoms with E-state index in [-0.39, 0.29) is 12.3 Å². The van der Waals surface area contributed by atoms with Crippen LogP contribution in [0.25, 0.3) is 0 Å². The molecular weight excluding hydrogens is 254 g/mol. The zero-order valence-electron chi connectivity index (χ0n) is 9.93. The number of carbonyl (C=O) groups is 2. The highest BCUT2D eigenvalue weighted by atomic mass is 16.4. The van der Waals surface area contributed by atoms with Crippen molar-refractivity contribution in [1.82, 2.24) is 0 Å². The lowest BCUT2D eigenvalue weighted by molar-refractivity contribution is -0.134. The fraction of sp³-hybridized carbons (Fsp3) is 0.167. The highest BCUT2D eigenvalue weighted by Crippen LogP contribution is 2.15. The van der Waals surface area contributed by atoms with Crippen LogP contribution in [0.15, 0.2) is 36.4 Å². The summed E-state index contributed by atoms with van der Waals surface area (Å²) in [5, 5.41) is 33.7. The number of phenolic OH excluding ortho intramolecular Hbond substituents is 1. The first kappa shape index (κ1) is 16.6. The van der Waals surface area contributed by atoms with Crippen LogP contribution in [-0.4, -0.2) is 38.9 Å². The van der Waals surface area contributed by atoms with Crippen LogP contribution in [0.5, 0.6) is 5.75 Å². The lowest BCUT2D eigenvalue weighted by Gasteiger charge is -2.06. The maximum Gasteiger partial charge on any atom is 0.328 e. The third-order valence-corrected chi connectivity index (χ3v) is 1.87. The summed E-state index contributed by atoms with van der Waals surface area (Å²) in [7, 11) is 0. The molecule has 7 nitrogen and oxygen atoms in total. The number of carboxylic acid groups (broad SMARTS) is 2. The van der Waals surface area contributed by atoms with E-state index in [9.17, 15) is 14.7 Å². The average Bonchev–Trinajstić information content (AvgIpc) is 2.37. The van der Waals surface area contributed by atoms with Gasteiger partial charge in [0, 0.05) is 18.7 Å². The molecule has 0 saturated heterocycles. The molecule has 0 spiro atoms. The molecule has 19 heavy (non-hydrogen) atoms. The van der Waals surface area contributed by atoms with Crippen LogP contribution in [0.4, 0.5) is 0 Å². The number of hydrogen-bond donors (Lipinski definition) is 5. The molecule has 1 aromatic rings. The van der Waals surface area contributed by atoms with Gasteiger partial charge in [0.2, 0.25) is 0 Å². The summed E-state index contributed by atoms with van der Waals surface area (Å²) in [6.45, 7) is 0.199. The molecule has 0 amide bonds. The largest absolute Gasteiger partial charge is 0.508 e. The second-order valence-electron chi connectivity index (χ2n) is 3.35. The molecule has 1 unspecified atom stereocenters. The van der Waals surface area contributed by atoms with Gasteiger partial charge in [0.05, 0.1) is 6.10 Å². The second-order valence-corrected chi connectivity index (χ2v) is 3.35. The Labute approximate surface area is 109 Å². The molecule has 1 rings (SSSR count). The van der Waals surface area contributed by atoms with Crippen molar-refractivity contribution >= 4 is 11.9 Å². The molecule has 1 atom stereocenters. The highest BCUT2D eigenvalue weighted by Gasteiger charge is 2.02. The zero-order valence-corrected chi connectivity index (χ0v) is 9.93. The Hall–Kier alpha value is -2.38. The van der Waals surface area contributed by atoms with E-state index in [1.807, 2.05) is 0 Å². The number of benzene rings is 1. The van der Waals surface area contributed by atoms with Crippen molar-refractivity contribution in [3.8, 4) is 5.75 Å². The number of phenols is 1. The van der Waals surface area contributed by atoms with Gasteiger partial charge in [0.25, 0.3) is 0 Å². The topological polar surface area (TPSA) is 141 Å². The van der Waals surface area contributed by atoms with Crippen LogP contribution < -0.4 is 5.73 Å². The normalized spacial score (nSPS) is 11.5. The summed E-state index contributed by atoms with van der Waals surface area (Å²) in [4.78, 5) is 19.1. The maximum atomic E-state index is 9.55. The van der Waals surface area contributed by atoms with Gasteiger partial charge in [0.15, 0.2) is 0 Å². The van der Waals surface area contributed by atoms with Gasteiger partial charge >= 0.3 is 11.9 Å². The minimum atomic E-state index is -1.26. The zero-order chi connectivity index (χ0) is 14.8. The number of aliphatic carboxylic acids is 2. The maximum absolute atomic E-state index is 9.55. The first-order chi connectivity index (χ1) is 8.86. The summed E-state index contributed by atoms with van der Waals surface area (Å²) in [6, 6.07) is 6.34. The molecule has 0 bridgehead atoms. The van der Waals surface area contributed by atoms with Crippen LogP contribution in [0.1, 0.15) is 11.7 Å². The van der Waals surface area contributed by atoms with Crippen molar-refractivity contribution in [3.05, 3.63) is 42.0 Å². The van der Waals surface area contributed by atoms with Gasteiger partial charge in [-0.25, -0.2) is 9.59 Å². The molecular formula is C12H15NO6. The summed E-state index contributed by atoms with van der Waals surface area (Å²) in [6.07, 6.45) is 0.487. The molecule has 0 heterocycles. The number of aromatic hydroxyl groups is 1. The number of aliphatic hydroxyl groups excluding tert-OH is 1. The minimum absolute atomic E-state index is 0.193. The van der Waals surface area contributed by atoms with Gasteiger partial charge in [-0.3, -0.25) is 0 Å². The molecule has 0 aliphatic rings. The molecule has 7 heteroatoms. The number of hydrogen-bond acceptors (Lipinski definition) is 5. The average molecular weight is 269 g/mol. The lowest BCUT2D eigenvalue weighted by atomic mass is 10.1. The van der Waals surface area contributed by atoms with Gasteiger partial charge < -0.3 is 26.2 Å². The standard InChI is InChI=1S/C8H11NO2.C4H4O4/c9-5-8(11)6-1-3-7(10)4-2-6;5-3(6)1-2-4(7)8/h1-4,8,10-11H,5,9H2;1-2H,(H,5,6)(H,7,8)/b;2-1-. The van der Waals surface area contributed by atoms with Crippen LogP contribution in [0.2, 0.25) is 0 Å². The van der Waals surface area contributed by atoms with Crippen LogP contribution in [0, 0.1) is 0 Å². The Morgan fingerprint density at radius 1 is 1.11 bits per heavy atom. The molecule has 0 radical (unpaired) electrons. The molecule has 6 N–H and O–H groups in total. The van der Waals surface area contributed by atoms with Gasteiger partial charge in [-0.05, 0) is 17.7 Å². The fourth-order valence-corrected chi connectivity index (χ4v) is 0.975. The third kappa shape index (κ3) is 8.36. The molecule has 1 aromatic carbocycles. The van der Waals surface area contributed by atoms with E-state index in [1.165, 1.54) is 12.1 Å². The van der Waals surface area contributed by atoms with Gasteiger partial charge in [-0.2, -0.15) is 0 Å². The van der Waals surface area contributed by atoms with Crippen LogP contribution >= 0.6 is 0 Å². The Morgan fingerprint density at radius 3 is 1.84 bits per heavy atom. The Bertz CT molecular complexity index is 424. The molecule has 104 valence electrons. The van der Waals surface area contributed by atoms with Crippen molar-refractivity contribution in [1.29, 1.82) is 0 Å². The van der Waals surface area contributed by atoms with E-state index in [0.29, 0.717) is 12.2 Å². The van der Waals surface area contributed by atoms with Crippen molar-refractivity contribution in [2.45, 2.75) is 6.10 Å². The Balaban J connectivity index is 0.000000362. The smallest absolute Gasteiger partial charge is 0.328 e. The minimum Gasteiger partial charge on any atom is -0.508 e. The number of carboxylic acids is 2. The Morgan fingerprint density at radius 2 is 1.53 bits per heavy atom. The van der Waals surface area contributed by atoms with Gasteiger partial charge in [-0.1, -0.05) is 12.1 Å². The van der Waals surface area contributed by atoms with Crippen molar-refractivity contribution < 1.29 is 30.0 Å². The van der Waals surface area contributed by atoms with Crippen molar-refractivity contribution in [2.75, 3.05) is 6.54 Å². The van der Waals surface area contributed by atoms with Crippen molar-refractivity contribution in [3.63, 3.8) is 0 Å². The lowest BCUT2D eigenvalue weighted by Crippen LogP contribution is -2.10. The predicted octanol–water partition coefficient (Wildman–Crippen LogP) is 0.0961. The molecule has 0 saturated carbocycles.